The highest BCUT2D eigenvalue weighted by atomic mass is 16.5. The smallest absolute Gasteiger partial charge is 0.322 e. The Morgan fingerprint density at radius 2 is 2.03 bits per heavy atom. The number of fused-ring (bicyclic) bond motifs is 1. The van der Waals surface area contributed by atoms with Crippen molar-refractivity contribution < 1.29 is 14.3 Å². The van der Waals surface area contributed by atoms with Crippen molar-refractivity contribution in [2.45, 2.75) is 32.4 Å². The molecule has 4 rings (SSSR count). The number of pyridine rings is 1. The van der Waals surface area contributed by atoms with Gasteiger partial charge in [0.1, 0.15) is 5.75 Å². The van der Waals surface area contributed by atoms with Gasteiger partial charge in [0.25, 0.3) is 5.56 Å². The van der Waals surface area contributed by atoms with Gasteiger partial charge in [-0.2, -0.15) is 0 Å². The number of nitrogens with zero attached hydrogens (tertiary/aromatic N) is 1. The molecule has 162 valence electrons. The molecule has 3 aromatic rings. The van der Waals surface area contributed by atoms with E-state index < -0.39 is 0 Å². The van der Waals surface area contributed by atoms with Gasteiger partial charge < -0.3 is 24.7 Å². The Morgan fingerprint density at radius 1 is 1.23 bits per heavy atom. The Morgan fingerprint density at radius 3 is 2.74 bits per heavy atom. The minimum absolute atomic E-state index is 0.0246. The van der Waals surface area contributed by atoms with Crippen LogP contribution in [0.4, 0.5) is 10.5 Å². The van der Waals surface area contributed by atoms with Gasteiger partial charge in [-0.1, -0.05) is 11.6 Å². The number of amides is 2. The number of ether oxygens (including phenoxy) is 2. The van der Waals surface area contributed by atoms with Gasteiger partial charge in [0, 0.05) is 29.9 Å². The quantitative estimate of drug-likeness (QED) is 0.629. The number of aromatic nitrogens is 1. The summed E-state index contributed by atoms with van der Waals surface area (Å²) in [6.07, 6.45) is 1.86. The maximum absolute atomic E-state index is 13.1. The van der Waals surface area contributed by atoms with Crippen molar-refractivity contribution in [2.24, 2.45) is 0 Å². The van der Waals surface area contributed by atoms with Crippen LogP contribution >= 0.6 is 0 Å². The highest BCUT2D eigenvalue weighted by Crippen LogP contribution is 2.19. The first-order valence-corrected chi connectivity index (χ1v) is 10.5. The SMILES string of the molecule is COc1ccc(NC(=O)N(Cc2cc3cc(C)ccc3[nH]c2=O)C[C@@H]2CCCO2)cc1. The van der Waals surface area contributed by atoms with Crippen LogP contribution in [0.1, 0.15) is 24.0 Å². The van der Waals surface area contributed by atoms with Gasteiger partial charge >= 0.3 is 6.03 Å². The lowest BCUT2D eigenvalue weighted by Crippen LogP contribution is -2.40. The number of hydrogen-bond acceptors (Lipinski definition) is 4. The number of carbonyl (C=O) groups is 1. The third-order valence-corrected chi connectivity index (χ3v) is 5.51. The van der Waals surface area contributed by atoms with Crippen LogP contribution in [-0.4, -0.2) is 42.3 Å². The number of nitrogens with one attached hydrogen (secondary N) is 2. The van der Waals surface area contributed by atoms with Crippen LogP contribution in [0.25, 0.3) is 10.9 Å². The summed E-state index contributed by atoms with van der Waals surface area (Å²) in [6.45, 7) is 3.33. The molecule has 31 heavy (non-hydrogen) atoms. The molecule has 1 fully saturated rings. The van der Waals surface area contributed by atoms with E-state index in [4.69, 9.17) is 9.47 Å². The fourth-order valence-electron chi connectivity index (χ4n) is 3.82. The molecule has 0 aliphatic carbocycles. The van der Waals surface area contributed by atoms with Gasteiger partial charge in [-0.15, -0.1) is 0 Å². The van der Waals surface area contributed by atoms with E-state index in [-0.39, 0.29) is 24.2 Å². The predicted molar refractivity (Wildman–Crippen MR) is 121 cm³/mol. The van der Waals surface area contributed by atoms with E-state index >= 15 is 0 Å². The van der Waals surface area contributed by atoms with Crippen LogP contribution in [0.3, 0.4) is 0 Å². The van der Waals surface area contributed by atoms with Crippen molar-refractivity contribution in [3.05, 3.63) is 70.0 Å². The molecule has 7 heteroatoms. The summed E-state index contributed by atoms with van der Waals surface area (Å²) in [4.78, 5) is 30.4. The molecule has 2 heterocycles. The number of methoxy groups -OCH3 is 1. The molecule has 1 atom stereocenters. The lowest BCUT2D eigenvalue weighted by atomic mass is 10.1. The molecule has 1 aliphatic heterocycles. The molecule has 2 N–H and O–H groups in total. The average Bonchev–Trinajstić information content (AvgIpc) is 3.27. The van der Waals surface area contributed by atoms with Crippen molar-refractivity contribution in [3.63, 3.8) is 0 Å². The number of carbonyl (C=O) groups excluding carboxylic acids is 1. The Balaban J connectivity index is 1.58. The Hall–Kier alpha value is -3.32. The number of aryl methyl sites for hydroxylation is 1. The van der Waals surface area contributed by atoms with Crippen molar-refractivity contribution in [2.75, 3.05) is 25.6 Å². The first-order chi connectivity index (χ1) is 15.0. The van der Waals surface area contributed by atoms with E-state index in [1.54, 1.807) is 36.3 Å². The number of anilines is 1. The molecule has 7 nitrogen and oxygen atoms in total. The van der Waals surface area contributed by atoms with Gasteiger partial charge in [-0.05, 0) is 67.6 Å². The second kappa shape index (κ2) is 9.22. The van der Waals surface area contributed by atoms with E-state index in [1.807, 2.05) is 31.2 Å². The van der Waals surface area contributed by atoms with E-state index in [0.29, 0.717) is 30.2 Å². The lowest BCUT2D eigenvalue weighted by molar-refractivity contribution is 0.0818. The molecule has 1 aliphatic rings. The van der Waals surface area contributed by atoms with Crippen LogP contribution in [0.2, 0.25) is 0 Å². The van der Waals surface area contributed by atoms with E-state index in [1.165, 1.54) is 0 Å². The molecule has 2 aromatic carbocycles. The van der Waals surface area contributed by atoms with Gasteiger partial charge in [0.15, 0.2) is 0 Å². The van der Waals surface area contributed by atoms with E-state index in [0.717, 1.165) is 29.3 Å². The van der Waals surface area contributed by atoms with Gasteiger partial charge in [-0.25, -0.2) is 4.79 Å². The minimum Gasteiger partial charge on any atom is -0.497 e. The van der Waals surface area contributed by atoms with Crippen LogP contribution in [0, 0.1) is 6.92 Å². The zero-order chi connectivity index (χ0) is 21.8. The highest BCUT2D eigenvalue weighted by Gasteiger charge is 2.24. The lowest BCUT2D eigenvalue weighted by Gasteiger charge is -2.26. The van der Waals surface area contributed by atoms with Crippen LogP contribution < -0.4 is 15.6 Å². The second-order valence-electron chi connectivity index (χ2n) is 7.89. The summed E-state index contributed by atoms with van der Waals surface area (Å²) >= 11 is 0. The molecule has 0 radical (unpaired) electrons. The third kappa shape index (κ3) is 5.06. The third-order valence-electron chi connectivity index (χ3n) is 5.51. The molecule has 1 saturated heterocycles. The average molecular weight is 421 g/mol. The molecular formula is C24H27N3O4. The van der Waals surface area contributed by atoms with Gasteiger partial charge in [-0.3, -0.25) is 4.79 Å². The fourth-order valence-corrected chi connectivity index (χ4v) is 3.82. The van der Waals surface area contributed by atoms with Crippen molar-refractivity contribution in [3.8, 4) is 5.75 Å². The number of urea groups is 1. The van der Waals surface area contributed by atoms with Crippen LogP contribution in [0.15, 0.2) is 53.3 Å². The molecule has 1 aromatic heterocycles. The molecule has 0 unspecified atom stereocenters. The Labute approximate surface area is 181 Å². The standard InChI is InChI=1S/C24H27N3O4/c1-16-5-10-22-17(12-16)13-18(23(28)26-22)14-27(15-21-4-3-11-31-21)24(29)25-19-6-8-20(30-2)9-7-19/h5-10,12-13,21H,3-4,11,14-15H2,1-2H3,(H,25,29)(H,26,28)/t21-/m0/s1. The topological polar surface area (TPSA) is 83.7 Å². The number of hydrogen-bond donors (Lipinski definition) is 2. The predicted octanol–water partition coefficient (Wildman–Crippen LogP) is 4.06. The second-order valence-corrected chi connectivity index (χ2v) is 7.89. The summed E-state index contributed by atoms with van der Waals surface area (Å²) in [6, 6.07) is 14.6. The van der Waals surface area contributed by atoms with E-state index in [9.17, 15) is 9.59 Å². The zero-order valence-corrected chi connectivity index (χ0v) is 17.8. The van der Waals surface area contributed by atoms with E-state index in [2.05, 4.69) is 10.3 Å². The molecule has 0 saturated carbocycles. The highest BCUT2D eigenvalue weighted by molar-refractivity contribution is 5.89. The number of aromatic amines is 1. The monoisotopic (exact) mass is 421 g/mol. The zero-order valence-electron chi connectivity index (χ0n) is 17.8. The molecule has 2 amide bonds. The summed E-state index contributed by atoms with van der Waals surface area (Å²) in [5, 5.41) is 3.86. The van der Waals surface area contributed by atoms with Crippen molar-refractivity contribution >= 4 is 22.6 Å². The fraction of sp³-hybridized carbons (Fsp3) is 0.333. The number of benzene rings is 2. The van der Waals surface area contributed by atoms with Crippen molar-refractivity contribution in [1.82, 2.24) is 9.88 Å². The first kappa shape index (κ1) is 20.9. The molecular weight excluding hydrogens is 394 g/mol. The van der Waals surface area contributed by atoms with Gasteiger partial charge in [0.05, 0.1) is 19.8 Å². The normalized spacial score (nSPS) is 15.7. The molecule has 0 bridgehead atoms. The first-order valence-electron chi connectivity index (χ1n) is 10.5. The maximum Gasteiger partial charge on any atom is 0.322 e. The number of rotatable bonds is 6. The Kier molecular flexibility index (Phi) is 6.23. The summed E-state index contributed by atoms with van der Waals surface area (Å²) < 4.78 is 10.9. The van der Waals surface area contributed by atoms with Crippen molar-refractivity contribution in [1.29, 1.82) is 0 Å². The maximum atomic E-state index is 13.1. The summed E-state index contributed by atoms with van der Waals surface area (Å²) in [7, 11) is 1.60. The summed E-state index contributed by atoms with van der Waals surface area (Å²) in [5.74, 6) is 0.715. The number of H-pyrrole nitrogens is 1. The Bertz CT molecular complexity index is 1120. The van der Waals surface area contributed by atoms with Gasteiger partial charge in [0.2, 0.25) is 0 Å². The minimum atomic E-state index is -0.274. The summed E-state index contributed by atoms with van der Waals surface area (Å²) in [5.41, 5.74) is 2.91. The van der Waals surface area contributed by atoms with Crippen LogP contribution in [-0.2, 0) is 11.3 Å². The largest absolute Gasteiger partial charge is 0.497 e. The van der Waals surface area contributed by atoms with Crippen LogP contribution in [0.5, 0.6) is 5.75 Å². The molecule has 0 spiro atoms.